The Kier molecular flexibility index (Phi) is 9.00. The molecule has 0 saturated heterocycles. The number of amides is 1. The lowest BCUT2D eigenvalue weighted by molar-refractivity contribution is -0.158. The summed E-state index contributed by atoms with van der Waals surface area (Å²) in [7, 11) is -4.52. The van der Waals surface area contributed by atoms with Crippen molar-refractivity contribution in [3.8, 4) is 0 Å². The van der Waals surface area contributed by atoms with E-state index in [-0.39, 0.29) is 10.4 Å². The second-order valence-corrected chi connectivity index (χ2v) is 12.9. The summed E-state index contributed by atoms with van der Waals surface area (Å²) in [5, 5.41) is 6.15. The molecule has 0 fully saturated rings. The average Bonchev–Trinajstić information content (AvgIpc) is 2.75. The highest BCUT2D eigenvalue weighted by atomic mass is 32.2. The van der Waals surface area contributed by atoms with Gasteiger partial charge in [-0.2, -0.15) is 17.9 Å². The zero-order valence-corrected chi connectivity index (χ0v) is 23.7. The Morgan fingerprint density at radius 2 is 1.68 bits per heavy atom. The molecule has 3 rings (SSSR count). The first-order valence-corrected chi connectivity index (χ1v) is 14.3. The van der Waals surface area contributed by atoms with Gasteiger partial charge >= 0.3 is 6.18 Å². The van der Waals surface area contributed by atoms with Gasteiger partial charge in [-0.3, -0.25) is 4.79 Å². The predicted octanol–water partition coefficient (Wildman–Crippen LogP) is 5.29. The van der Waals surface area contributed by atoms with Gasteiger partial charge in [0.2, 0.25) is 15.9 Å². The summed E-state index contributed by atoms with van der Waals surface area (Å²) in [5.41, 5.74) is 4.49. The van der Waals surface area contributed by atoms with Crippen LogP contribution in [0.1, 0.15) is 79.5 Å². The van der Waals surface area contributed by atoms with Crippen molar-refractivity contribution in [2.24, 2.45) is 0 Å². The number of carbonyl (C=O) groups excluding carboxylic acids is 1. The van der Waals surface area contributed by atoms with Gasteiger partial charge in [0.05, 0.1) is 17.4 Å². The van der Waals surface area contributed by atoms with Crippen LogP contribution in [0, 0.1) is 20.8 Å². The van der Waals surface area contributed by atoms with Gasteiger partial charge in [0.15, 0.2) is 0 Å². The van der Waals surface area contributed by atoms with E-state index >= 15 is 0 Å². The molecule has 6 nitrogen and oxygen atoms in total. The van der Waals surface area contributed by atoms with Crippen LogP contribution in [0.4, 0.5) is 13.2 Å². The molecule has 0 radical (unpaired) electrons. The molecule has 0 unspecified atom stereocenters. The van der Waals surface area contributed by atoms with E-state index in [9.17, 15) is 26.4 Å². The fraction of sp³-hybridized carbons (Fsp3) is 0.536. The maximum absolute atomic E-state index is 13.9. The van der Waals surface area contributed by atoms with E-state index in [1.807, 2.05) is 12.1 Å². The van der Waals surface area contributed by atoms with Crippen molar-refractivity contribution < 1.29 is 26.4 Å². The monoisotopic (exact) mass is 553 g/mol. The largest absolute Gasteiger partial charge is 0.405 e. The van der Waals surface area contributed by atoms with Gasteiger partial charge in [-0.25, -0.2) is 8.42 Å². The molecule has 38 heavy (non-hydrogen) atoms. The van der Waals surface area contributed by atoms with Crippen molar-refractivity contribution in [3.05, 3.63) is 63.7 Å². The smallest absolute Gasteiger partial charge is 0.349 e. The number of hydrogen-bond donors (Lipinski definition) is 3. The molecule has 0 heterocycles. The summed E-state index contributed by atoms with van der Waals surface area (Å²) in [6.07, 6.45) is -3.79. The maximum atomic E-state index is 13.9. The minimum absolute atomic E-state index is 0.0419. The summed E-state index contributed by atoms with van der Waals surface area (Å²) in [6, 6.07) is 6.17. The number of hydrogen-bond acceptors (Lipinski definition) is 4. The summed E-state index contributed by atoms with van der Waals surface area (Å²) in [5.74, 6) is -0.858. The highest BCUT2D eigenvalue weighted by Gasteiger charge is 2.44. The molecule has 1 aliphatic carbocycles. The van der Waals surface area contributed by atoms with Gasteiger partial charge in [-0.1, -0.05) is 35.9 Å². The third kappa shape index (κ3) is 7.80. The molecule has 2 aromatic rings. The molecule has 10 heteroatoms. The first kappa shape index (κ1) is 30.1. The zero-order chi connectivity index (χ0) is 28.5. The third-order valence-corrected chi connectivity index (χ3v) is 8.41. The Bertz CT molecular complexity index is 1260. The van der Waals surface area contributed by atoms with Crippen LogP contribution < -0.4 is 15.4 Å². The Morgan fingerprint density at radius 1 is 1.05 bits per heavy atom. The molecule has 0 aliphatic heterocycles. The van der Waals surface area contributed by atoms with E-state index < -0.39 is 40.6 Å². The number of rotatable bonds is 8. The fourth-order valence-electron chi connectivity index (χ4n) is 4.99. The van der Waals surface area contributed by atoms with Gasteiger partial charge in [0.25, 0.3) is 0 Å². The van der Waals surface area contributed by atoms with Crippen molar-refractivity contribution in [3.63, 3.8) is 0 Å². The second-order valence-electron chi connectivity index (χ2n) is 11.3. The topological polar surface area (TPSA) is 87.3 Å². The van der Waals surface area contributed by atoms with E-state index in [0.29, 0.717) is 24.1 Å². The summed E-state index contributed by atoms with van der Waals surface area (Å²) >= 11 is 0. The van der Waals surface area contributed by atoms with Crippen molar-refractivity contribution in [1.82, 2.24) is 15.4 Å². The molecular weight excluding hydrogens is 515 g/mol. The first-order valence-electron chi connectivity index (χ1n) is 12.8. The number of carbonyl (C=O) groups is 1. The Hall–Kier alpha value is -2.43. The van der Waals surface area contributed by atoms with E-state index in [1.165, 1.54) is 13.8 Å². The lowest BCUT2D eigenvalue weighted by Crippen LogP contribution is -2.48. The molecular formula is C28H38F3N3O3S. The van der Waals surface area contributed by atoms with E-state index in [1.54, 1.807) is 23.8 Å². The predicted molar refractivity (Wildman–Crippen MR) is 142 cm³/mol. The Labute approximate surface area is 223 Å². The van der Waals surface area contributed by atoms with Crippen LogP contribution in [0.25, 0.3) is 0 Å². The van der Waals surface area contributed by atoms with Crippen LogP contribution in [0.3, 0.4) is 0 Å². The SMILES string of the molecule is Cc1cc(C)c(S(=O)(=O)N[C@H](CC(=O)N[C@@H]2CCCc3cc(CNC(C)(C)C)ccc32)C(F)(F)F)c(C)c1. The van der Waals surface area contributed by atoms with Crippen molar-refractivity contribution >= 4 is 15.9 Å². The Balaban J connectivity index is 1.75. The fourth-order valence-corrected chi connectivity index (χ4v) is 6.67. The van der Waals surface area contributed by atoms with Gasteiger partial charge in [-0.05, 0) is 88.6 Å². The van der Waals surface area contributed by atoms with Crippen molar-refractivity contribution in [2.45, 2.75) is 102 Å². The average molecular weight is 554 g/mol. The number of alkyl halides is 3. The maximum Gasteiger partial charge on any atom is 0.405 e. The van der Waals surface area contributed by atoms with Crippen LogP contribution in [0.15, 0.2) is 35.2 Å². The second kappa shape index (κ2) is 11.4. The van der Waals surface area contributed by atoms with Crippen LogP contribution in [-0.4, -0.2) is 32.1 Å². The lowest BCUT2D eigenvalue weighted by atomic mass is 9.86. The summed E-state index contributed by atoms with van der Waals surface area (Å²) < 4.78 is 69.4. The van der Waals surface area contributed by atoms with Gasteiger partial charge < -0.3 is 10.6 Å². The highest BCUT2D eigenvalue weighted by molar-refractivity contribution is 7.89. The first-order chi connectivity index (χ1) is 17.5. The number of fused-ring (bicyclic) bond motifs is 1. The number of aryl methyl sites for hydroxylation is 4. The quantitative estimate of drug-likeness (QED) is 0.415. The number of sulfonamides is 1. The summed E-state index contributed by atoms with van der Waals surface area (Å²) in [4.78, 5) is 12.6. The van der Waals surface area contributed by atoms with Crippen molar-refractivity contribution in [1.29, 1.82) is 0 Å². The molecule has 1 aliphatic rings. The van der Waals surface area contributed by atoms with Crippen LogP contribution in [0.2, 0.25) is 0 Å². The number of benzene rings is 2. The highest BCUT2D eigenvalue weighted by Crippen LogP contribution is 2.32. The molecule has 210 valence electrons. The van der Waals surface area contributed by atoms with E-state index in [4.69, 9.17) is 0 Å². The molecule has 0 saturated carbocycles. The molecule has 0 aromatic heterocycles. The molecule has 2 atom stereocenters. The standard InChI is InChI=1S/C28H38F3N3O3S/c1-17-12-18(2)26(19(3)13-17)38(36,37)34-24(28(29,30)31)15-25(35)33-23-9-7-8-21-14-20(10-11-22(21)23)16-32-27(4,5)6/h10-14,23-24,32,34H,7-9,15-16H2,1-6H3,(H,33,35)/t23-,24-/m1/s1. The van der Waals surface area contributed by atoms with Gasteiger partial charge in [-0.15, -0.1) is 0 Å². The molecule has 3 N–H and O–H groups in total. The molecule has 2 aromatic carbocycles. The minimum atomic E-state index is -4.95. The minimum Gasteiger partial charge on any atom is -0.349 e. The van der Waals surface area contributed by atoms with Gasteiger partial charge in [0.1, 0.15) is 6.04 Å². The van der Waals surface area contributed by atoms with E-state index in [2.05, 4.69) is 37.5 Å². The molecule has 1 amide bonds. The van der Waals surface area contributed by atoms with Crippen LogP contribution in [0.5, 0.6) is 0 Å². The molecule has 0 spiro atoms. The normalized spacial score (nSPS) is 17.1. The van der Waals surface area contributed by atoms with Crippen molar-refractivity contribution in [2.75, 3.05) is 0 Å². The number of halogens is 3. The van der Waals surface area contributed by atoms with Crippen LogP contribution >= 0.6 is 0 Å². The zero-order valence-electron chi connectivity index (χ0n) is 22.8. The van der Waals surface area contributed by atoms with Crippen LogP contribution in [-0.2, 0) is 27.8 Å². The van der Waals surface area contributed by atoms with Gasteiger partial charge in [0, 0.05) is 12.1 Å². The number of nitrogens with one attached hydrogen (secondary N) is 3. The van der Waals surface area contributed by atoms with E-state index in [0.717, 1.165) is 35.1 Å². The third-order valence-electron chi connectivity index (χ3n) is 6.64. The summed E-state index contributed by atoms with van der Waals surface area (Å²) in [6.45, 7) is 11.8. The Morgan fingerprint density at radius 3 is 2.26 bits per heavy atom. The molecule has 0 bridgehead atoms. The lowest BCUT2D eigenvalue weighted by Gasteiger charge is -2.29.